The highest BCUT2D eigenvalue weighted by Crippen LogP contribution is 2.25. The Morgan fingerprint density at radius 2 is 2.30 bits per heavy atom. The molecule has 7 nitrogen and oxygen atoms in total. The molecule has 1 saturated heterocycles. The zero-order valence-corrected chi connectivity index (χ0v) is 17.8. The van der Waals surface area contributed by atoms with Gasteiger partial charge in [0.2, 0.25) is 5.82 Å². The molecule has 2 aromatic heterocycles. The molecule has 3 heterocycles. The van der Waals surface area contributed by atoms with Crippen LogP contribution in [0, 0.1) is 5.92 Å². The van der Waals surface area contributed by atoms with Gasteiger partial charge in [0.25, 0.3) is 5.91 Å². The fourth-order valence-corrected chi connectivity index (χ4v) is 4.51. The molecule has 3 aromatic rings. The minimum absolute atomic E-state index is 0.0542. The summed E-state index contributed by atoms with van der Waals surface area (Å²) in [7, 11) is 1.64. The molecule has 0 saturated carbocycles. The van der Waals surface area contributed by atoms with Crippen molar-refractivity contribution in [1.29, 1.82) is 0 Å². The average Bonchev–Trinajstić information content (AvgIpc) is 3.46. The van der Waals surface area contributed by atoms with Gasteiger partial charge in [-0.3, -0.25) is 4.79 Å². The van der Waals surface area contributed by atoms with Crippen LogP contribution in [0.3, 0.4) is 0 Å². The van der Waals surface area contributed by atoms with Crippen molar-refractivity contribution in [2.75, 3.05) is 20.2 Å². The van der Waals surface area contributed by atoms with Crippen LogP contribution in [0.15, 0.2) is 48.4 Å². The number of likely N-dealkylation sites (tertiary alicyclic amines) is 1. The molecule has 1 atom stereocenters. The fourth-order valence-electron chi connectivity index (χ4n) is 3.86. The van der Waals surface area contributed by atoms with Crippen LogP contribution in [-0.2, 0) is 13.0 Å². The topological polar surface area (TPSA) is 73.1 Å². The van der Waals surface area contributed by atoms with Crippen molar-refractivity contribution in [2.24, 2.45) is 5.92 Å². The van der Waals surface area contributed by atoms with Gasteiger partial charge >= 0.3 is 0 Å². The van der Waals surface area contributed by atoms with Gasteiger partial charge in [-0.2, -0.15) is 4.80 Å². The van der Waals surface area contributed by atoms with Crippen LogP contribution in [0.25, 0.3) is 10.7 Å². The predicted molar refractivity (Wildman–Crippen MR) is 117 cm³/mol. The van der Waals surface area contributed by atoms with Crippen molar-refractivity contribution in [3.8, 4) is 16.5 Å². The summed E-state index contributed by atoms with van der Waals surface area (Å²) in [5.74, 6) is 1.79. The lowest BCUT2D eigenvalue weighted by Gasteiger charge is -2.32. The van der Waals surface area contributed by atoms with E-state index in [-0.39, 0.29) is 5.91 Å². The summed E-state index contributed by atoms with van der Waals surface area (Å²) < 4.78 is 5.40. The zero-order valence-electron chi connectivity index (χ0n) is 17.0. The Labute approximate surface area is 180 Å². The number of rotatable bonds is 7. The normalized spacial score (nSPS) is 16.4. The van der Waals surface area contributed by atoms with Crippen LogP contribution in [0.5, 0.6) is 5.75 Å². The first-order valence-electron chi connectivity index (χ1n) is 10.1. The molecule has 0 spiro atoms. The minimum atomic E-state index is 0.0542. The maximum Gasteiger partial charge on any atom is 0.253 e. The van der Waals surface area contributed by atoms with Crippen molar-refractivity contribution in [2.45, 2.75) is 25.8 Å². The number of carbonyl (C=O) groups excluding carboxylic acids is 1. The minimum Gasteiger partial charge on any atom is -0.496 e. The highest BCUT2D eigenvalue weighted by Gasteiger charge is 2.26. The smallest absolute Gasteiger partial charge is 0.253 e. The van der Waals surface area contributed by atoms with Gasteiger partial charge in [-0.25, -0.2) is 0 Å². The summed E-state index contributed by atoms with van der Waals surface area (Å²) in [6, 6.07) is 9.58. The highest BCUT2D eigenvalue weighted by atomic mass is 32.1. The fraction of sp³-hybridized carbons (Fsp3) is 0.364. The van der Waals surface area contributed by atoms with Gasteiger partial charge in [0, 0.05) is 18.7 Å². The van der Waals surface area contributed by atoms with Crippen molar-refractivity contribution in [3.05, 3.63) is 59.5 Å². The second-order valence-electron chi connectivity index (χ2n) is 7.42. The third-order valence-corrected chi connectivity index (χ3v) is 6.18. The van der Waals surface area contributed by atoms with Gasteiger partial charge in [-0.1, -0.05) is 12.1 Å². The molecular formula is C22H25N5O2S. The monoisotopic (exact) mass is 423 g/mol. The molecule has 30 heavy (non-hydrogen) atoms. The first kappa shape index (κ1) is 20.3. The summed E-state index contributed by atoms with van der Waals surface area (Å²) in [4.78, 5) is 17.7. The van der Waals surface area contributed by atoms with Crippen LogP contribution < -0.4 is 4.74 Å². The number of amides is 1. The van der Waals surface area contributed by atoms with Gasteiger partial charge in [-0.15, -0.1) is 28.1 Å². The van der Waals surface area contributed by atoms with E-state index in [4.69, 9.17) is 4.74 Å². The molecule has 4 rings (SSSR count). The third-order valence-electron chi connectivity index (χ3n) is 5.31. The largest absolute Gasteiger partial charge is 0.496 e. The quantitative estimate of drug-likeness (QED) is 0.542. The number of tetrazole rings is 1. The summed E-state index contributed by atoms with van der Waals surface area (Å²) in [5, 5.41) is 14.9. The van der Waals surface area contributed by atoms with Crippen LogP contribution in [-0.4, -0.2) is 51.2 Å². The number of ether oxygens (including phenoxy) is 1. The lowest BCUT2D eigenvalue weighted by molar-refractivity contribution is 0.0656. The number of allylic oxidation sites excluding steroid dienone is 1. The van der Waals surface area contributed by atoms with Crippen molar-refractivity contribution >= 4 is 17.2 Å². The molecule has 1 fully saturated rings. The standard InChI is InChI=1S/C22H25N5O2S/c1-3-6-17-13-18(9-10-19(17)29-2)22(28)26-11-4-7-16(14-26)15-27-24-21(23-25-27)20-8-5-12-30-20/h3,5,8-10,12-13,16H,1,4,6-7,11,14-15H2,2H3/t16-/m0/s1. The number of nitrogens with zero attached hydrogens (tertiary/aromatic N) is 5. The zero-order chi connectivity index (χ0) is 20.9. The molecule has 0 bridgehead atoms. The SMILES string of the molecule is C=CCc1cc(C(=O)N2CCC[C@H](Cn3nnc(-c4cccs4)n3)C2)ccc1OC. The van der Waals surface area contributed by atoms with Crippen LogP contribution in [0.2, 0.25) is 0 Å². The van der Waals surface area contributed by atoms with E-state index in [0.29, 0.717) is 36.8 Å². The lowest BCUT2D eigenvalue weighted by Crippen LogP contribution is -2.41. The maximum atomic E-state index is 13.1. The molecule has 1 aromatic carbocycles. The second-order valence-corrected chi connectivity index (χ2v) is 8.37. The Balaban J connectivity index is 1.43. The van der Waals surface area contributed by atoms with Crippen LogP contribution in [0.1, 0.15) is 28.8 Å². The van der Waals surface area contributed by atoms with Crippen molar-refractivity contribution < 1.29 is 9.53 Å². The van der Waals surface area contributed by atoms with E-state index in [1.165, 1.54) is 0 Å². The number of hydrogen-bond donors (Lipinski definition) is 0. The molecule has 8 heteroatoms. The maximum absolute atomic E-state index is 13.1. The number of piperidine rings is 1. The van der Waals surface area contributed by atoms with E-state index >= 15 is 0 Å². The number of hydrogen-bond acceptors (Lipinski definition) is 6. The molecule has 0 unspecified atom stereocenters. The first-order valence-corrected chi connectivity index (χ1v) is 10.9. The van der Waals surface area contributed by atoms with E-state index in [9.17, 15) is 4.79 Å². The molecule has 1 aliphatic heterocycles. The summed E-state index contributed by atoms with van der Waals surface area (Å²) >= 11 is 1.60. The number of thiophene rings is 1. The van der Waals surface area contributed by atoms with Crippen molar-refractivity contribution in [3.63, 3.8) is 0 Å². The van der Waals surface area contributed by atoms with E-state index in [2.05, 4.69) is 22.0 Å². The Hall–Kier alpha value is -3.00. The van der Waals surface area contributed by atoms with E-state index in [0.717, 1.165) is 35.6 Å². The Bertz CT molecular complexity index is 1010. The van der Waals surface area contributed by atoms with Crippen LogP contribution in [0.4, 0.5) is 0 Å². The molecular weight excluding hydrogens is 398 g/mol. The van der Waals surface area contributed by atoms with E-state index in [1.807, 2.05) is 46.7 Å². The number of benzene rings is 1. The first-order chi connectivity index (χ1) is 14.7. The van der Waals surface area contributed by atoms with Gasteiger partial charge in [0.05, 0.1) is 18.5 Å². The molecule has 0 radical (unpaired) electrons. The highest BCUT2D eigenvalue weighted by molar-refractivity contribution is 7.13. The van der Waals surface area contributed by atoms with Gasteiger partial charge in [0.1, 0.15) is 5.75 Å². The number of methoxy groups -OCH3 is 1. The second kappa shape index (κ2) is 9.21. The molecule has 1 aliphatic rings. The lowest BCUT2D eigenvalue weighted by atomic mass is 9.97. The van der Waals surface area contributed by atoms with Gasteiger partial charge in [-0.05, 0) is 65.6 Å². The Morgan fingerprint density at radius 3 is 3.07 bits per heavy atom. The predicted octanol–water partition coefficient (Wildman–Crippen LogP) is 3.69. The van der Waals surface area contributed by atoms with Gasteiger partial charge < -0.3 is 9.64 Å². The summed E-state index contributed by atoms with van der Waals surface area (Å²) in [5.41, 5.74) is 1.66. The van der Waals surface area contributed by atoms with Crippen molar-refractivity contribution in [1.82, 2.24) is 25.1 Å². The third kappa shape index (κ3) is 4.43. The Kier molecular flexibility index (Phi) is 6.23. The molecule has 1 amide bonds. The van der Waals surface area contributed by atoms with E-state index in [1.54, 1.807) is 23.2 Å². The van der Waals surface area contributed by atoms with Gasteiger partial charge in [0.15, 0.2) is 0 Å². The average molecular weight is 424 g/mol. The summed E-state index contributed by atoms with van der Waals surface area (Å²) in [6.45, 7) is 5.91. The Morgan fingerprint density at radius 1 is 1.40 bits per heavy atom. The molecule has 0 N–H and O–H groups in total. The molecule has 156 valence electrons. The van der Waals surface area contributed by atoms with E-state index < -0.39 is 0 Å². The number of aromatic nitrogens is 4. The van der Waals surface area contributed by atoms with Crippen LogP contribution >= 0.6 is 11.3 Å². The number of carbonyl (C=O) groups is 1. The summed E-state index contributed by atoms with van der Waals surface area (Å²) in [6.07, 6.45) is 4.50. The molecule has 0 aliphatic carbocycles.